The van der Waals surface area contributed by atoms with E-state index in [0.29, 0.717) is 11.5 Å². The summed E-state index contributed by atoms with van der Waals surface area (Å²) in [5.74, 6) is 1.33. The van der Waals surface area contributed by atoms with E-state index in [9.17, 15) is 0 Å². The molecule has 0 N–H and O–H groups in total. The molecule has 0 fully saturated rings. The van der Waals surface area contributed by atoms with Gasteiger partial charge in [-0.05, 0) is 0 Å². The van der Waals surface area contributed by atoms with Gasteiger partial charge in [-0.1, -0.05) is 0 Å². The molecule has 4 heterocycles. The van der Waals surface area contributed by atoms with Gasteiger partial charge in [0.2, 0.25) is 0 Å². The first-order valence-electron chi connectivity index (χ1n) is 21.4. The standard InChI is InChI=1S/C56H58N2OSe2.Pt/c1-33-25-36(17-20-46(33)56(12,13)14)47-30-37-21-23-57-48(51(37)60-47)38-26-41(54(6,7)8)31-43(28-38)59-44-29-39(27-42(32-44)55(9,10)11)49-52-45(22-24-58-49)34(2)50(61-52)35-15-18-40(19-16-35)53(3,4)5;/h15-27,30-32H,1-14H3;/q-2;+2. The summed E-state index contributed by atoms with van der Waals surface area (Å²) in [4.78, 5) is 10.1. The molecular weight excluding hydrogens is 1070 g/mol. The summed E-state index contributed by atoms with van der Waals surface area (Å²) in [6.45, 7) is 31.7. The van der Waals surface area contributed by atoms with Crippen LogP contribution in [0.3, 0.4) is 0 Å². The fourth-order valence-electron chi connectivity index (χ4n) is 8.13. The zero-order valence-corrected chi connectivity index (χ0v) is 44.4. The van der Waals surface area contributed by atoms with E-state index < -0.39 is 0 Å². The molecule has 0 spiro atoms. The van der Waals surface area contributed by atoms with Gasteiger partial charge in [-0.2, -0.15) is 0 Å². The summed E-state index contributed by atoms with van der Waals surface area (Å²) in [6, 6.07) is 39.1. The Hall–Kier alpha value is -3.81. The summed E-state index contributed by atoms with van der Waals surface area (Å²) in [7, 11) is 0. The van der Waals surface area contributed by atoms with Gasteiger partial charge >= 0.3 is 400 Å². The number of pyridine rings is 2. The second-order valence-electron chi connectivity index (χ2n) is 20.8. The Labute approximate surface area is 396 Å². The van der Waals surface area contributed by atoms with Crippen molar-refractivity contribution in [3.63, 3.8) is 0 Å². The largest absolute Gasteiger partial charge is 2.00 e. The predicted octanol–water partition coefficient (Wildman–Crippen LogP) is 14.8. The summed E-state index contributed by atoms with van der Waals surface area (Å²) in [5, 5.41) is 2.52. The molecule has 4 aromatic carbocycles. The molecule has 8 aromatic rings. The molecule has 0 unspecified atom stereocenters. The summed E-state index contributed by atoms with van der Waals surface area (Å²) in [5.41, 5.74) is 14.2. The van der Waals surface area contributed by atoms with E-state index in [1.807, 2.05) is 12.4 Å². The number of hydrogen-bond donors (Lipinski definition) is 0. The summed E-state index contributed by atoms with van der Waals surface area (Å²) in [6.07, 6.45) is 3.90. The van der Waals surface area contributed by atoms with E-state index in [4.69, 9.17) is 14.7 Å². The fraction of sp³-hybridized carbons (Fsp3) is 0.321. The van der Waals surface area contributed by atoms with E-state index >= 15 is 0 Å². The average molecular weight is 1130 g/mol. The normalized spacial score (nSPS) is 12.5. The third-order valence-corrected chi connectivity index (χ3v) is 17.2. The molecule has 3 nitrogen and oxygen atoms in total. The molecule has 0 radical (unpaired) electrons. The van der Waals surface area contributed by atoms with Gasteiger partial charge in [0.1, 0.15) is 0 Å². The Balaban J connectivity index is 0.00000578. The Bertz CT molecular complexity index is 2940. The molecule has 320 valence electrons. The maximum absolute atomic E-state index is 6.93. The second-order valence-corrected chi connectivity index (χ2v) is 25.1. The topological polar surface area (TPSA) is 35.0 Å². The van der Waals surface area contributed by atoms with E-state index in [-0.39, 0.29) is 71.7 Å². The molecule has 0 atom stereocenters. The first-order chi connectivity index (χ1) is 28.5. The van der Waals surface area contributed by atoms with E-state index in [0.717, 1.165) is 22.5 Å². The zero-order chi connectivity index (χ0) is 43.8. The van der Waals surface area contributed by atoms with Crippen molar-refractivity contribution < 1.29 is 25.8 Å². The molecule has 4 aromatic heterocycles. The van der Waals surface area contributed by atoms with Gasteiger partial charge < -0.3 is 0 Å². The number of hydrogen-bond acceptors (Lipinski definition) is 3. The van der Waals surface area contributed by atoms with Crippen molar-refractivity contribution in [3.8, 4) is 54.0 Å². The van der Waals surface area contributed by atoms with Crippen molar-refractivity contribution in [2.45, 2.75) is 119 Å². The average Bonchev–Trinajstić information content (AvgIpc) is 3.77. The minimum Gasteiger partial charge on any atom is 2.00 e. The quantitative estimate of drug-likeness (QED) is 0.123. The number of ether oxygens (including phenoxy) is 1. The van der Waals surface area contributed by atoms with Crippen LogP contribution in [-0.2, 0) is 42.7 Å². The van der Waals surface area contributed by atoms with Crippen molar-refractivity contribution in [1.82, 2.24) is 9.97 Å². The van der Waals surface area contributed by atoms with Crippen LogP contribution < -0.4 is 4.74 Å². The van der Waals surface area contributed by atoms with Gasteiger partial charge in [0.05, 0.1) is 0 Å². The Morgan fingerprint density at radius 2 is 1.05 bits per heavy atom. The monoisotopic (exact) mass is 1130 g/mol. The van der Waals surface area contributed by atoms with E-state index in [2.05, 4.69) is 194 Å². The smallest absolute Gasteiger partial charge is 2.00 e. The Morgan fingerprint density at radius 1 is 0.516 bits per heavy atom. The third-order valence-electron chi connectivity index (χ3n) is 11.8. The summed E-state index contributed by atoms with van der Waals surface area (Å²) >= 11 is 0.161. The maximum Gasteiger partial charge on any atom is 2.00 e. The van der Waals surface area contributed by atoms with Gasteiger partial charge in [0.25, 0.3) is 0 Å². The fourth-order valence-corrected chi connectivity index (χ4v) is 13.3. The van der Waals surface area contributed by atoms with Crippen molar-refractivity contribution in [3.05, 3.63) is 143 Å². The van der Waals surface area contributed by atoms with Gasteiger partial charge in [-0.15, -0.1) is 0 Å². The van der Waals surface area contributed by atoms with Gasteiger partial charge in [0, 0.05) is 0 Å². The number of benzene rings is 4. The molecule has 62 heavy (non-hydrogen) atoms. The third kappa shape index (κ3) is 9.36. The molecule has 0 aliphatic heterocycles. The van der Waals surface area contributed by atoms with Crippen LogP contribution in [-0.4, -0.2) is 39.0 Å². The first kappa shape index (κ1) is 46.2. The second kappa shape index (κ2) is 17.0. The molecule has 0 bridgehead atoms. The number of aryl methyl sites for hydroxylation is 2. The summed E-state index contributed by atoms with van der Waals surface area (Å²) < 4.78 is 12.3. The van der Waals surface area contributed by atoms with Crippen molar-refractivity contribution in [2.75, 3.05) is 0 Å². The maximum atomic E-state index is 6.93. The minimum absolute atomic E-state index is 0. The van der Waals surface area contributed by atoms with Crippen molar-refractivity contribution >= 4 is 48.3 Å². The molecule has 0 aliphatic rings. The van der Waals surface area contributed by atoms with Crippen LogP contribution in [0.1, 0.15) is 116 Å². The van der Waals surface area contributed by atoms with Crippen LogP contribution in [0.5, 0.6) is 11.5 Å². The van der Waals surface area contributed by atoms with Crippen LogP contribution >= 0.6 is 0 Å². The molecule has 0 amide bonds. The number of fused-ring (bicyclic) bond motifs is 2. The predicted molar refractivity (Wildman–Crippen MR) is 261 cm³/mol. The molecular formula is C56H58N2OPtSe2. The van der Waals surface area contributed by atoms with E-state index in [1.165, 1.54) is 72.7 Å². The SMILES string of the molecule is Cc1cc(-c2cc3ccnc(-c4[c-]c(Oc5[c-]c(-c6nccc7c(C)c(-c8ccc(C(C)(C)C)cc8)[se]c67)cc(C(C)(C)C)c5)cc(C(C)(C)C)c4)c3[se]2)ccc1C(C)(C)C.[Pt+2]. The molecule has 0 saturated carbocycles. The molecule has 6 heteroatoms. The zero-order valence-electron chi connectivity index (χ0n) is 38.7. The minimum atomic E-state index is -0.131. The Morgan fingerprint density at radius 3 is 1.58 bits per heavy atom. The molecule has 8 rings (SSSR count). The van der Waals surface area contributed by atoms with Crippen LogP contribution in [0.25, 0.3) is 61.8 Å². The van der Waals surface area contributed by atoms with Crippen molar-refractivity contribution in [2.24, 2.45) is 0 Å². The van der Waals surface area contributed by atoms with Crippen molar-refractivity contribution in [1.29, 1.82) is 0 Å². The number of rotatable bonds is 6. The van der Waals surface area contributed by atoms with Gasteiger partial charge in [-0.3, -0.25) is 0 Å². The Kier molecular flexibility index (Phi) is 12.6. The van der Waals surface area contributed by atoms with Gasteiger partial charge in [0.15, 0.2) is 0 Å². The molecule has 0 saturated heterocycles. The van der Waals surface area contributed by atoms with Crippen LogP contribution in [0, 0.1) is 26.0 Å². The van der Waals surface area contributed by atoms with Crippen LogP contribution in [0.2, 0.25) is 0 Å². The van der Waals surface area contributed by atoms with Gasteiger partial charge in [-0.25, -0.2) is 0 Å². The van der Waals surface area contributed by atoms with Crippen LogP contribution in [0.15, 0.2) is 97.3 Å². The molecule has 0 aliphatic carbocycles. The van der Waals surface area contributed by atoms with Crippen LogP contribution in [0.4, 0.5) is 0 Å². The first-order valence-corrected chi connectivity index (χ1v) is 24.8. The van der Waals surface area contributed by atoms with E-state index in [1.54, 1.807) is 0 Å². The number of aromatic nitrogens is 2. The number of nitrogens with zero attached hydrogens (tertiary/aromatic N) is 2.